The molecule has 2 aliphatic heterocycles. The monoisotopic (exact) mass is 544 g/mol. The van der Waals surface area contributed by atoms with Gasteiger partial charge in [0, 0.05) is 89.3 Å². The predicted molar refractivity (Wildman–Crippen MR) is 160 cm³/mol. The van der Waals surface area contributed by atoms with Gasteiger partial charge in [0.25, 0.3) is 0 Å². The van der Waals surface area contributed by atoms with Gasteiger partial charge in [0.05, 0.1) is 12.3 Å². The molecule has 0 radical (unpaired) electrons. The fourth-order valence-corrected chi connectivity index (χ4v) is 5.69. The number of anilines is 1. The highest BCUT2D eigenvalue weighted by molar-refractivity contribution is 5.77. The molecule has 40 heavy (non-hydrogen) atoms. The molecule has 2 aromatic heterocycles. The number of nitrogens with zero attached hydrogens (tertiary/aromatic N) is 8. The molecule has 9 nitrogen and oxygen atoms in total. The number of fused-ring (bicyclic) bond motifs is 1. The molecule has 0 spiro atoms. The summed E-state index contributed by atoms with van der Waals surface area (Å²) in [6.07, 6.45) is 2.83. The summed E-state index contributed by atoms with van der Waals surface area (Å²) >= 11 is 0. The van der Waals surface area contributed by atoms with Crippen molar-refractivity contribution in [3.8, 4) is 11.8 Å². The molecule has 0 bridgehead atoms. The molecule has 1 aromatic carbocycles. The number of para-hydroxylation sites is 2. The SMILES string of the molecule is CN1CCN(CCCOc2ccccc2N2CCN(Cc3cc4cnc(C#N)nc4n3CC(C)(C)C)CC2)CC1. The third-order valence-corrected chi connectivity index (χ3v) is 7.89. The topological polar surface area (TPSA) is 76.7 Å². The van der Waals surface area contributed by atoms with Gasteiger partial charge in [-0.15, -0.1) is 0 Å². The number of ether oxygens (including phenoxy) is 1. The summed E-state index contributed by atoms with van der Waals surface area (Å²) in [5, 5.41) is 10.3. The van der Waals surface area contributed by atoms with Crippen molar-refractivity contribution in [2.45, 2.75) is 40.3 Å². The third-order valence-electron chi connectivity index (χ3n) is 7.89. The minimum Gasteiger partial charge on any atom is -0.491 e. The van der Waals surface area contributed by atoms with Gasteiger partial charge in [0.2, 0.25) is 5.82 Å². The van der Waals surface area contributed by atoms with E-state index in [2.05, 4.69) is 98.4 Å². The van der Waals surface area contributed by atoms with Crippen molar-refractivity contribution in [1.82, 2.24) is 29.2 Å². The standard InChI is InChI=1S/C31H44N8O/c1-31(2,3)24-39-26(20-25-22-33-29(21-32)34-30(25)39)23-37-15-17-38(18-16-37)27-8-5-6-9-28(27)40-19-7-10-36-13-11-35(4)12-14-36/h5-6,8-9,20,22H,7,10-19,23-24H2,1-4H3. The van der Waals surface area contributed by atoms with Crippen LogP contribution in [-0.2, 0) is 13.1 Å². The Bertz CT molecular complexity index is 1310. The number of rotatable bonds is 9. The van der Waals surface area contributed by atoms with Crippen molar-refractivity contribution in [2.75, 3.05) is 77.5 Å². The van der Waals surface area contributed by atoms with Crippen molar-refractivity contribution in [2.24, 2.45) is 5.41 Å². The van der Waals surface area contributed by atoms with Crippen molar-refractivity contribution < 1.29 is 4.74 Å². The molecule has 9 heteroatoms. The van der Waals surface area contributed by atoms with E-state index >= 15 is 0 Å². The Kier molecular flexibility index (Phi) is 8.89. The van der Waals surface area contributed by atoms with Crippen molar-refractivity contribution in [1.29, 1.82) is 5.26 Å². The molecule has 3 aromatic rings. The first-order chi connectivity index (χ1) is 19.3. The summed E-state index contributed by atoms with van der Waals surface area (Å²) in [7, 11) is 2.20. The van der Waals surface area contributed by atoms with Crippen molar-refractivity contribution >= 4 is 16.7 Å². The van der Waals surface area contributed by atoms with Gasteiger partial charge in [-0.1, -0.05) is 32.9 Å². The summed E-state index contributed by atoms with van der Waals surface area (Å²) < 4.78 is 8.60. The van der Waals surface area contributed by atoms with Crippen LogP contribution in [0.15, 0.2) is 36.5 Å². The average molecular weight is 545 g/mol. The maximum Gasteiger partial charge on any atom is 0.234 e. The molecule has 2 fully saturated rings. The van der Waals surface area contributed by atoms with Crippen LogP contribution in [0.1, 0.15) is 38.7 Å². The lowest BCUT2D eigenvalue weighted by Crippen LogP contribution is -2.46. The maximum absolute atomic E-state index is 9.34. The van der Waals surface area contributed by atoms with Crippen LogP contribution in [0.5, 0.6) is 5.75 Å². The minimum atomic E-state index is 0.0886. The molecule has 0 N–H and O–H groups in total. The van der Waals surface area contributed by atoms with Crippen molar-refractivity contribution in [3.05, 3.63) is 48.0 Å². The number of aromatic nitrogens is 3. The number of piperazine rings is 2. The third kappa shape index (κ3) is 7.11. The number of hydrogen-bond donors (Lipinski definition) is 0. The molecule has 0 aliphatic carbocycles. The van der Waals surface area contributed by atoms with E-state index in [1.807, 2.05) is 0 Å². The van der Waals surface area contributed by atoms with Crippen LogP contribution in [0.2, 0.25) is 0 Å². The number of hydrogen-bond acceptors (Lipinski definition) is 8. The molecule has 2 saturated heterocycles. The van der Waals surface area contributed by atoms with Gasteiger partial charge in [-0.05, 0) is 37.1 Å². The first kappa shape index (κ1) is 28.3. The Morgan fingerprint density at radius 2 is 1.70 bits per heavy atom. The molecular weight excluding hydrogens is 500 g/mol. The number of benzene rings is 1. The van der Waals surface area contributed by atoms with Gasteiger partial charge in [-0.25, -0.2) is 9.97 Å². The number of nitriles is 1. The maximum atomic E-state index is 9.34. The van der Waals surface area contributed by atoms with E-state index < -0.39 is 0 Å². The van der Waals surface area contributed by atoms with E-state index in [0.29, 0.717) is 0 Å². The summed E-state index contributed by atoms with van der Waals surface area (Å²) in [6.45, 7) is 18.7. The molecular formula is C31H44N8O. The Labute approximate surface area is 238 Å². The van der Waals surface area contributed by atoms with E-state index in [-0.39, 0.29) is 11.2 Å². The van der Waals surface area contributed by atoms with E-state index in [1.54, 1.807) is 6.20 Å². The van der Waals surface area contributed by atoms with Gasteiger partial charge in [0.15, 0.2) is 0 Å². The molecule has 2 aliphatic rings. The molecule has 5 rings (SSSR count). The van der Waals surface area contributed by atoms with Gasteiger partial charge in [-0.2, -0.15) is 5.26 Å². The molecule has 0 atom stereocenters. The Balaban J connectivity index is 1.18. The van der Waals surface area contributed by atoms with E-state index in [1.165, 1.54) is 11.4 Å². The first-order valence-electron chi connectivity index (χ1n) is 14.6. The average Bonchev–Trinajstić information content (AvgIpc) is 3.27. The Morgan fingerprint density at radius 1 is 0.975 bits per heavy atom. The molecule has 4 heterocycles. The van der Waals surface area contributed by atoms with Crippen LogP contribution in [0.25, 0.3) is 11.0 Å². The highest BCUT2D eigenvalue weighted by Gasteiger charge is 2.23. The zero-order chi connectivity index (χ0) is 28.1. The van der Waals surface area contributed by atoms with Crippen LogP contribution < -0.4 is 9.64 Å². The van der Waals surface area contributed by atoms with E-state index in [9.17, 15) is 5.26 Å². The van der Waals surface area contributed by atoms with Crippen LogP contribution in [0.3, 0.4) is 0 Å². The smallest absolute Gasteiger partial charge is 0.234 e. The summed E-state index contributed by atoms with van der Waals surface area (Å²) in [6, 6.07) is 12.8. The normalized spacial score (nSPS) is 17.8. The van der Waals surface area contributed by atoms with Crippen LogP contribution in [-0.4, -0.2) is 102 Å². The lowest BCUT2D eigenvalue weighted by molar-refractivity contribution is 0.145. The van der Waals surface area contributed by atoms with Crippen LogP contribution in [0.4, 0.5) is 5.69 Å². The van der Waals surface area contributed by atoms with Gasteiger partial charge in [0.1, 0.15) is 17.5 Å². The van der Waals surface area contributed by atoms with E-state index in [4.69, 9.17) is 4.74 Å². The zero-order valence-electron chi connectivity index (χ0n) is 24.6. The Hall–Kier alpha value is -3.19. The zero-order valence-corrected chi connectivity index (χ0v) is 24.6. The lowest BCUT2D eigenvalue weighted by atomic mass is 9.97. The fraction of sp³-hybridized carbons (Fsp3) is 0.581. The van der Waals surface area contributed by atoms with E-state index in [0.717, 1.165) is 102 Å². The van der Waals surface area contributed by atoms with Gasteiger partial charge >= 0.3 is 0 Å². The van der Waals surface area contributed by atoms with Gasteiger partial charge < -0.3 is 24.0 Å². The first-order valence-corrected chi connectivity index (χ1v) is 14.6. The molecule has 0 amide bonds. The second-order valence-electron chi connectivity index (χ2n) is 12.4. The predicted octanol–water partition coefficient (Wildman–Crippen LogP) is 3.69. The Morgan fingerprint density at radius 3 is 2.42 bits per heavy atom. The largest absolute Gasteiger partial charge is 0.491 e. The lowest BCUT2D eigenvalue weighted by Gasteiger charge is -2.37. The van der Waals surface area contributed by atoms with Crippen LogP contribution in [0, 0.1) is 16.7 Å². The summed E-state index contributed by atoms with van der Waals surface area (Å²) in [5.41, 5.74) is 3.37. The molecule has 214 valence electrons. The minimum absolute atomic E-state index is 0.0886. The summed E-state index contributed by atoms with van der Waals surface area (Å²) in [5.74, 6) is 1.22. The fourth-order valence-electron chi connectivity index (χ4n) is 5.69. The van der Waals surface area contributed by atoms with Gasteiger partial charge in [-0.3, -0.25) is 4.90 Å². The summed E-state index contributed by atoms with van der Waals surface area (Å²) in [4.78, 5) is 18.7. The number of likely N-dealkylation sites (N-methyl/N-ethyl adjacent to an activating group) is 1. The quantitative estimate of drug-likeness (QED) is 0.378. The second-order valence-corrected chi connectivity index (χ2v) is 12.4. The second kappa shape index (κ2) is 12.5. The highest BCUT2D eigenvalue weighted by Crippen LogP contribution is 2.30. The molecule has 0 saturated carbocycles. The highest BCUT2D eigenvalue weighted by atomic mass is 16.5. The molecule has 0 unspecified atom stereocenters. The van der Waals surface area contributed by atoms with Crippen molar-refractivity contribution in [3.63, 3.8) is 0 Å². The van der Waals surface area contributed by atoms with Crippen LogP contribution >= 0.6 is 0 Å².